The van der Waals surface area contributed by atoms with Crippen LogP contribution in [0.15, 0.2) is 48.6 Å². The van der Waals surface area contributed by atoms with Crippen LogP contribution in [0.25, 0.3) is 0 Å². The predicted molar refractivity (Wildman–Crippen MR) is 170 cm³/mol. The van der Waals surface area contributed by atoms with Gasteiger partial charge in [-0.1, -0.05) is 90.8 Å². The summed E-state index contributed by atoms with van der Waals surface area (Å²) in [4.78, 5) is 0. The third-order valence-corrected chi connectivity index (χ3v) is 13.6. The SMILES string of the molecule is C=C[C@@]1(O)C=C2CC(O)C3C(C)(C)CCC[C@]3(C)[C@H]2CC1.C=C[C@]1(O)C=C2CCC3C(C)(C)CCC[C@]3(C)C2CC1. The summed E-state index contributed by atoms with van der Waals surface area (Å²) in [6.45, 7) is 22.1. The van der Waals surface area contributed by atoms with Gasteiger partial charge in [-0.3, -0.25) is 0 Å². The van der Waals surface area contributed by atoms with Gasteiger partial charge in [0.25, 0.3) is 0 Å². The van der Waals surface area contributed by atoms with Crippen LogP contribution < -0.4 is 0 Å². The molecule has 6 aliphatic rings. The molecule has 4 saturated carbocycles. The molecule has 0 aromatic carbocycles. The third-order valence-electron chi connectivity index (χ3n) is 13.6. The van der Waals surface area contributed by atoms with E-state index in [1.165, 1.54) is 62.5 Å². The van der Waals surface area contributed by atoms with Crippen molar-refractivity contribution in [2.75, 3.05) is 0 Å². The second-order valence-electron chi connectivity index (χ2n) is 17.0. The van der Waals surface area contributed by atoms with Gasteiger partial charge in [0.15, 0.2) is 0 Å². The van der Waals surface area contributed by atoms with Crippen LogP contribution in [-0.4, -0.2) is 32.6 Å². The number of allylic oxidation sites excluding steroid dienone is 1. The highest BCUT2D eigenvalue weighted by atomic mass is 16.3. The normalized spacial score (nSPS) is 47.9. The van der Waals surface area contributed by atoms with Gasteiger partial charge < -0.3 is 15.3 Å². The predicted octanol–water partition coefficient (Wildman–Crippen LogP) is 8.70. The molecule has 0 aromatic heterocycles. The van der Waals surface area contributed by atoms with Crippen LogP contribution in [0.1, 0.15) is 125 Å². The van der Waals surface area contributed by atoms with Crippen molar-refractivity contribution in [3.05, 3.63) is 48.6 Å². The summed E-state index contributed by atoms with van der Waals surface area (Å²) in [7, 11) is 0. The summed E-state index contributed by atoms with van der Waals surface area (Å²) in [6, 6.07) is 0. The average molecular weight is 565 g/mol. The van der Waals surface area contributed by atoms with Crippen LogP contribution in [0, 0.1) is 45.3 Å². The first-order valence-electron chi connectivity index (χ1n) is 16.9. The number of fused-ring (bicyclic) bond motifs is 6. The highest BCUT2D eigenvalue weighted by Crippen LogP contribution is 2.64. The van der Waals surface area contributed by atoms with Crippen molar-refractivity contribution in [2.45, 2.75) is 142 Å². The topological polar surface area (TPSA) is 60.7 Å². The Morgan fingerprint density at radius 2 is 1.20 bits per heavy atom. The maximum absolute atomic E-state index is 10.8. The summed E-state index contributed by atoms with van der Waals surface area (Å²) in [5, 5.41) is 31.9. The zero-order chi connectivity index (χ0) is 30.1. The van der Waals surface area contributed by atoms with Crippen LogP contribution >= 0.6 is 0 Å². The molecule has 3 nitrogen and oxygen atoms in total. The van der Waals surface area contributed by atoms with Crippen LogP contribution in [0.2, 0.25) is 0 Å². The average Bonchev–Trinajstić information content (AvgIpc) is 2.87. The zero-order valence-electron chi connectivity index (χ0n) is 27.1. The van der Waals surface area contributed by atoms with Gasteiger partial charge in [0.05, 0.1) is 6.10 Å². The van der Waals surface area contributed by atoms with Crippen LogP contribution in [-0.2, 0) is 0 Å². The van der Waals surface area contributed by atoms with Crippen LogP contribution in [0.4, 0.5) is 0 Å². The molecule has 4 unspecified atom stereocenters. The van der Waals surface area contributed by atoms with Gasteiger partial charge in [-0.2, -0.15) is 0 Å². The third kappa shape index (κ3) is 5.29. The Morgan fingerprint density at radius 3 is 1.78 bits per heavy atom. The maximum Gasteiger partial charge on any atom is 0.101 e. The molecule has 4 fully saturated rings. The summed E-state index contributed by atoms with van der Waals surface area (Å²) >= 11 is 0. The summed E-state index contributed by atoms with van der Waals surface area (Å²) in [5.74, 6) is 2.43. The number of aliphatic hydroxyl groups excluding tert-OH is 1. The van der Waals surface area contributed by atoms with Crippen LogP contribution in [0.3, 0.4) is 0 Å². The summed E-state index contributed by atoms with van der Waals surface area (Å²) < 4.78 is 0. The van der Waals surface area contributed by atoms with Crippen molar-refractivity contribution in [1.82, 2.24) is 0 Å². The van der Waals surface area contributed by atoms with Crippen molar-refractivity contribution in [3.63, 3.8) is 0 Å². The molecule has 0 amide bonds. The molecule has 0 spiro atoms. The monoisotopic (exact) mass is 564 g/mol. The lowest BCUT2D eigenvalue weighted by atomic mass is 9.45. The molecule has 230 valence electrons. The van der Waals surface area contributed by atoms with Gasteiger partial charge in [-0.25, -0.2) is 0 Å². The maximum atomic E-state index is 10.8. The Hall–Kier alpha value is -1.16. The molecule has 6 aliphatic carbocycles. The van der Waals surface area contributed by atoms with Crippen molar-refractivity contribution in [3.8, 4) is 0 Å². The standard InChI is InChI=1S/C19H30O2.C19H30O/c1-5-19(21)10-7-14-13(12-19)11-15(20)16-17(2,3)8-6-9-18(14,16)4;1-5-19(20)12-9-15-14(13-19)7-8-16-17(2,3)10-6-11-18(15,16)4/h5,12,14-16,20-21H,1,6-11H2,2-4H3;5,13,15-16,20H,1,6-12H2,2-4H3/t14-,15?,16?,18+,19-;15?,16?,18-,19-/m01/s1. The lowest BCUT2D eigenvalue weighted by Gasteiger charge is -2.61. The van der Waals surface area contributed by atoms with Crippen molar-refractivity contribution in [2.24, 2.45) is 45.3 Å². The summed E-state index contributed by atoms with van der Waals surface area (Å²) in [6.07, 6.45) is 22.0. The van der Waals surface area contributed by atoms with Crippen molar-refractivity contribution >= 4 is 0 Å². The molecule has 0 saturated heterocycles. The second kappa shape index (κ2) is 10.5. The lowest BCUT2D eigenvalue weighted by molar-refractivity contribution is -0.126. The Kier molecular flexibility index (Phi) is 7.99. The van der Waals surface area contributed by atoms with E-state index in [1.54, 1.807) is 12.2 Å². The van der Waals surface area contributed by atoms with E-state index in [4.69, 9.17) is 0 Å². The smallest absolute Gasteiger partial charge is 0.101 e. The van der Waals surface area contributed by atoms with Gasteiger partial charge >= 0.3 is 0 Å². The van der Waals surface area contributed by atoms with E-state index >= 15 is 0 Å². The molecular formula is C38H60O3. The van der Waals surface area contributed by atoms with Crippen molar-refractivity contribution < 1.29 is 15.3 Å². The lowest BCUT2D eigenvalue weighted by Crippen LogP contribution is -2.56. The fourth-order valence-corrected chi connectivity index (χ4v) is 11.8. The van der Waals surface area contributed by atoms with Gasteiger partial charge in [-0.05, 0) is 128 Å². The molecule has 0 aromatic rings. The largest absolute Gasteiger partial charge is 0.392 e. The molecular weight excluding hydrogens is 504 g/mol. The van der Waals surface area contributed by atoms with Gasteiger partial charge in [0.1, 0.15) is 11.2 Å². The Balaban J connectivity index is 0.000000165. The minimum Gasteiger partial charge on any atom is -0.392 e. The van der Waals surface area contributed by atoms with Gasteiger partial charge in [-0.15, -0.1) is 0 Å². The Bertz CT molecular complexity index is 1100. The van der Waals surface area contributed by atoms with E-state index in [1.807, 2.05) is 6.08 Å². The number of hydrogen-bond acceptors (Lipinski definition) is 3. The second-order valence-corrected chi connectivity index (χ2v) is 17.0. The molecule has 3 heteroatoms. The molecule has 9 atom stereocenters. The minimum atomic E-state index is -0.862. The fraction of sp³-hybridized carbons (Fsp3) is 0.789. The first-order valence-corrected chi connectivity index (χ1v) is 16.9. The first-order chi connectivity index (χ1) is 19.0. The van der Waals surface area contributed by atoms with Crippen molar-refractivity contribution in [1.29, 1.82) is 0 Å². The highest BCUT2D eigenvalue weighted by molar-refractivity contribution is 5.30. The molecule has 0 radical (unpaired) electrons. The van der Waals surface area contributed by atoms with E-state index in [2.05, 4.69) is 60.8 Å². The van der Waals surface area contributed by atoms with E-state index in [0.29, 0.717) is 28.6 Å². The molecule has 41 heavy (non-hydrogen) atoms. The number of hydrogen-bond donors (Lipinski definition) is 3. The Labute approximate surface area is 251 Å². The molecule has 6 rings (SSSR count). The quantitative estimate of drug-likeness (QED) is 0.294. The Morgan fingerprint density at radius 1 is 0.683 bits per heavy atom. The van der Waals surface area contributed by atoms with Gasteiger partial charge in [0, 0.05) is 0 Å². The number of rotatable bonds is 2. The fourth-order valence-electron chi connectivity index (χ4n) is 11.8. The number of aliphatic hydroxyl groups is 3. The van der Waals surface area contributed by atoms with E-state index in [9.17, 15) is 15.3 Å². The first kappa shape index (κ1) is 31.3. The molecule has 0 bridgehead atoms. The highest BCUT2D eigenvalue weighted by Gasteiger charge is 2.58. The minimum absolute atomic E-state index is 0.174. The molecule has 0 heterocycles. The molecule has 0 aliphatic heterocycles. The van der Waals surface area contributed by atoms with Gasteiger partial charge in [0.2, 0.25) is 0 Å². The van der Waals surface area contributed by atoms with E-state index < -0.39 is 11.2 Å². The van der Waals surface area contributed by atoms with E-state index in [-0.39, 0.29) is 16.9 Å². The molecule has 3 N–H and O–H groups in total. The summed E-state index contributed by atoms with van der Waals surface area (Å²) in [5.41, 5.74) is 2.53. The van der Waals surface area contributed by atoms with E-state index in [0.717, 1.165) is 38.0 Å². The van der Waals surface area contributed by atoms with Crippen LogP contribution in [0.5, 0.6) is 0 Å². The zero-order valence-corrected chi connectivity index (χ0v) is 27.1.